The zero-order valence-corrected chi connectivity index (χ0v) is 17.4. The summed E-state index contributed by atoms with van der Waals surface area (Å²) in [7, 11) is 0. The maximum absolute atomic E-state index is 12.8. The molecule has 3 N–H and O–H groups in total. The maximum Gasteiger partial charge on any atom is 0.255 e. The summed E-state index contributed by atoms with van der Waals surface area (Å²) in [6.07, 6.45) is 3.43. The van der Waals surface area contributed by atoms with Crippen molar-refractivity contribution in [1.82, 2.24) is 4.90 Å². The Morgan fingerprint density at radius 2 is 1.89 bits per heavy atom. The number of nitrogen functional groups attached to an aromatic ring is 1. The SMILES string of the molecule is CC1CCCCN1C(=O)c1ccc(NC(=O)Cc2ccc(N)cc2)cc1Cl.Cl. The molecule has 2 aromatic rings. The van der Waals surface area contributed by atoms with Crippen LogP contribution in [0.15, 0.2) is 42.5 Å². The van der Waals surface area contributed by atoms with Gasteiger partial charge in [0.05, 0.1) is 17.0 Å². The average Bonchev–Trinajstić information content (AvgIpc) is 2.63. The predicted octanol–water partition coefficient (Wildman–Crippen LogP) is 4.54. The van der Waals surface area contributed by atoms with E-state index < -0.39 is 0 Å². The van der Waals surface area contributed by atoms with E-state index >= 15 is 0 Å². The zero-order chi connectivity index (χ0) is 19.4. The molecule has 1 unspecified atom stereocenters. The van der Waals surface area contributed by atoms with E-state index in [9.17, 15) is 9.59 Å². The van der Waals surface area contributed by atoms with E-state index in [2.05, 4.69) is 12.2 Å². The van der Waals surface area contributed by atoms with Crippen LogP contribution in [0.2, 0.25) is 5.02 Å². The highest BCUT2D eigenvalue weighted by Gasteiger charge is 2.25. The third-order valence-electron chi connectivity index (χ3n) is 4.89. The van der Waals surface area contributed by atoms with Gasteiger partial charge in [0.15, 0.2) is 0 Å². The van der Waals surface area contributed by atoms with Crippen molar-refractivity contribution in [3.63, 3.8) is 0 Å². The summed E-state index contributed by atoms with van der Waals surface area (Å²) in [5.74, 6) is -0.202. The first-order valence-electron chi connectivity index (χ1n) is 9.19. The van der Waals surface area contributed by atoms with E-state index in [1.54, 1.807) is 30.3 Å². The minimum Gasteiger partial charge on any atom is -0.399 e. The molecular formula is C21H25Cl2N3O2. The van der Waals surface area contributed by atoms with Gasteiger partial charge in [-0.05, 0) is 62.1 Å². The number of anilines is 2. The van der Waals surface area contributed by atoms with Crippen molar-refractivity contribution in [2.75, 3.05) is 17.6 Å². The molecule has 1 atom stereocenters. The predicted molar refractivity (Wildman–Crippen MR) is 116 cm³/mol. The monoisotopic (exact) mass is 421 g/mol. The van der Waals surface area contributed by atoms with Crippen molar-refractivity contribution in [3.8, 4) is 0 Å². The molecular weight excluding hydrogens is 397 g/mol. The number of amides is 2. The normalized spacial score (nSPS) is 16.2. The fourth-order valence-corrected chi connectivity index (χ4v) is 3.61. The summed E-state index contributed by atoms with van der Waals surface area (Å²) in [6.45, 7) is 2.83. The molecule has 2 aromatic carbocycles. The van der Waals surface area contributed by atoms with Gasteiger partial charge in [0.2, 0.25) is 5.91 Å². The smallest absolute Gasteiger partial charge is 0.255 e. The molecule has 7 heteroatoms. The van der Waals surface area contributed by atoms with Gasteiger partial charge >= 0.3 is 0 Å². The summed E-state index contributed by atoms with van der Waals surface area (Å²) in [4.78, 5) is 26.9. The molecule has 2 amide bonds. The Hall–Kier alpha value is -2.24. The molecule has 0 saturated carbocycles. The number of hydrogen-bond donors (Lipinski definition) is 2. The third kappa shape index (κ3) is 5.40. The summed E-state index contributed by atoms with van der Waals surface area (Å²) in [5.41, 5.74) is 8.23. The molecule has 5 nitrogen and oxygen atoms in total. The fourth-order valence-electron chi connectivity index (χ4n) is 3.35. The number of likely N-dealkylation sites (tertiary alicyclic amines) is 1. The lowest BCUT2D eigenvalue weighted by Crippen LogP contribution is -2.42. The fraction of sp³-hybridized carbons (Fsp3) is 0.333. The van der Waals surface area contributed by atoms with Gasteiger partial charge in [0.25, 0.3) is 5.91 Å². The Morgan fingerprint density at radius 1 is 1.18 bits per heavy atom. The van der Waals surface area contributed by atoms with Crippen molar-refractivity contribution in [2.45, 2.75) is 38.6 Å². The van der Waals surface area contributed by atoms with Gasteiger partial charge in [-0.2, -0.15) is 0 Å². The average molecular weight is 422 g/mol. The second kappa shape index (κ2) is 9.80. The Labute approximate surface area is 176 Å². The maximum atomic E-state index is 12.8. The number of benzene rings is 2. The summed E-state index contributed by atoms with van der Waals surface area (Å²) in [5, 5.41) is 3.17. The van der Waals surface area contributed by atoms with Crippen LogP contribution in [0.5, 0.6) is 0 Å². The highest BCUT2D eigenvalue weighted by Crippen LogP contribution is 2.26. The molecule has 1 aliphatic heterocycles. The van der Waals surface area contributed by atoms with Crippen molar-refractivity contribution >= 4 is 47.2 Å². The molecule has 3 rings (SSSR count). The number of hydrogen-bond acceptors (Lipinski definition) is 3. The first-order chi connectivity index (χ1) is 12.9. The Kier molecular flexibility index (Phi) is 7.72. The number of rotatable bonds is 4. The van der Waals surface area contributed by atoms with Crippen LogP contribution in [0.4, 0.5) is 11.4 Å². The Balaban J connectivity index is 0.00000280. The van der Waals surface area contributed by atoms with E-state index in [4.69, 9.17) is 17.3 Å². The zero-order valence-electron chi connectivity index (χ0n) is 15.8. The van der Waals surface area contributed by atoms with E-state index in [-0.39, 0.29) is 36.7 Å². The summed E-state index contributed by atoms with van der Waals surface area (Å²) < 4.78 is 0. The molecule has 0 spiro atoms. The molecule has 28 heavy (non-hydrogen) atoms. The van der Waals surface area contributed by atoms with E-state index in [0.717, 1.165) is 31.4 Å². The number of nitrogens with zero attached hydrogens (tertiary/aromatic N) is 1. The quantitative estimate of drug-likeness (QED) is 0.711. The van der Waals surface area contributed by atoms with Crippen LogP contribution < -0.4 is 11.1 Å². The molecule has 1 aliphatic rings. The molecule has 1 saturated heterocycles. The second-order valence-electron chi connectivity index (χ2n) is 7.00. The summed E-state index contributed by atoms with van der Waals surface area (Å²) >= 11 is 6.34. The number of halogens is 2. The lowest BCUT2D eigenvalue weighted by atomic mass is 10.0. The Bertz CT molecular complexity index is 840. The van der Waals surface area contributed by atoms with Crippen molar-refractivity contribution in [2.24, 2.45) is 0 Å². The van der Waals surface area contributed by atoms with Crippen molar-refractivity contribution in [1.29, 1.82) is 0 Å². The van der Waals surface area contributed by atoms with Crippen molar-refractivity contribution < 1.29 is 9.59 Å². The second-order valence-corrected chi connectivity index (χ2v) is 7.41. The van der Waals surface area contributed by atoms with E-state index in [1.807, 2.05) is 17.0 Å². The molecule has 0 radical (unpaired) electrons. The van der Waals surface area contributed by atoms with Gasteiger partial charge < -0.3 is 16.0 Å². The highest BCUT2D eigenvalue weighted by molar-refractivity contribution is 6.34. The van der Waals surface area contributed by atoms with Gasteiger partial charge in [0.1, 0.15) is 0 Å². The number of carbonyl (C=O) groups is 2. The minimum atomic E-state index is -0.153. The van der Waals surface area contributed by atoms with E-state index in [0.29, 0.717) is 22.0 Å². The van der Waals surface area contributed by atoms with Crippen LogP contribution in [0.25, 0.3) is 0 Å². The number of piperidine rings is 1. The van der Waals surface area contributed by atoms with Crippen LogP contribution in [-0.4, -0.2) is 29.3 Å². The van der Waals surface area contributed by atoms with Gasteiger partial charge in [0, 0.05) is 24.0 Å². The number of carbonyl (C=O) groups excluding carboxylic acids is 2. The van der Waals surface area contributed by atoms with Gasteiger partial charge in [-0.3, -0.25) is 9.59 Å². The first kappa shape index (κ1) is 22.1. The lowest BCUT2D eigenvalue weighted by Gasteiger charge is -2.33. The number of nitrogens with two attached hydrogens (primary N) is 1. The standard InChI is InChI=1S/C21H24ClN3O2.ClH/c1-14-4-2-3-11-25(14)21(27)18-10-9-17(13-19(18)22)24-20(26)12-15-5-7-16(23)8-6-15;/h5-10,13-14H,2-4,11-12,23H2,1H3,(H,24,26);1H. The minimum absolute atomic E-state index is 0. The molecule has 1 fully saturated rings. The van der Waals surface area contributed by atoms with Crippen LogP contribution >= 0.6 is 24.0 Å². The summed E-state index contributed by atoms with van der Waals surface area (Å²) in [6, 6.07) is 12.4. The van der Waals surface area contributed by atoms with Crippen LogP contribution in [0.1, 0.15) is 42.1 Å². The van der Waals surface area contributed by atoms with Gasteiger partial charge in [-0.25, -0.2) is 0 Å². The van der Waals surface area contributed by atoms with Gasteiger partial charge in [-0.1, -0.05) is 23.7 Å². The third-order valence-corrected chi connectivity index (χ3v) is 5.20. The number of nitrogens with one attached hydrogen (secondary N) is 1. The molecule has 150 valence electrons. The van der Waals surface area contributed by atoms with Crippen molar-refractivity contribution in [3.05, 3.63) is 58.6 Å². The molecule has 0 bridgehead atoms. The van der Waals surface area contributed by atoms with Crippen LogP contribution in [0, 0.1) is 0 Å². The van der Waals surface area contributed by atoms with Crippen LogP contribution in [-0.2, 0) is 11.2 Å². The largest absolute Gasteiger partial charge is 0.399 e. The van der Waals surface area contributed by atoms with E-state index in [1.165, 1.54) is 0 Å². The van der Waals surface area contributed by atoms with Gasteiger partial charge in [-0.15, -0.1) is 12.4 Å². The highest BCUT2D eigenvalue weighted by atomic mass is 35.5. The first-order valence-corrected chi connectivity index (χ1v) is 9.56. The molecule has 0 aromatic heterocycles. The Morgan fingerprint density at radius 3 is 2.54 bits per heavy atom. The molecule has 0 aliphatic carbocycles. The molecule has 1 heterocycles. The lowest BCUT2D eigenvalue weighted by molar-refractivity contribution is -0.115. The topological polar surface area (TPSA) is 75.4 Å². The van der Waals surface area contributed by atoms with Crippen LogP contribution in [0.3, 0.4) is 0 Å².